The molecule has 23 heavy (non-hydrogen) atoms. The molecule has 2 aromatic carbocycles. The number of amides is 1. The van der Waals surface area contributed by atoms with E-state index in [0.29, 0.717) is 0 Å². The van der Waals surface area contributed by atoms with Crippen LogP contribution >= 0.6 is 0 Å². The van der Waals surface area contributed by atoms with E-state index >= 15 is 0 Å². The zero-order valence-corrected chi connectivity index (χ0v) is 14.1. The van der Waals surface area contributed by atoms with Crippen LogP contribution in [0, 0.1) is 13.8 Å². The Kier molecular flexibility index (Phi) is 4.37. The second-order valence-electron chi connectivity index (χ2n) is 6.46. The highest BCUT2D eigenvalue weighted by Gasteiger charge is 2.16. The van der Waals surface area contributed by atoms with Gasteiger partial charge in [0, 0.05) is 11.4 Å². The summed E-state index contributed by atoms with van der Waals surface area (Å²) in [6, 6.07) is 12.2. The summed E-state index contributed by atoms with van der Waals surface area (Å²) in [5, 5.41) is 6.37. The summed E-state index contributed by atoms with van der Waals surface area (Å²) in [7, 11) is 0. The van der Waals surface area contributed by atoms with E-state index in [2.05, 4.69) is 28.8 Å². The first-order valence-electron chi connectivity index (χ1n) is 8.30. The quantitative estimate of drug-likeness (QED) is 0.887. The Morgan fingerprint density at radius 3 is 2.48 bits per heavy atom. The highest BCUT2D eigenvalue weighted by atomic mass is 16.2. The molecular formula is C20H24N2O. The molecule has 0 spiro atoms. The molecular weight excluding hydrogens is 284 g/mol. The fourth-order valence-electron chi connectivity index (χ4n) is 3.22. The van der Waals surface area contributed by atoms with E-state index in [1.54, 1.807) is 0 Å². The van der Waals surface area contributed by atoms with E-state index in [1.807, 2.05) is 39.0 Å². The third-order valence-corrected chi connectivity index (χ3v) is 4.60. The third kappa shape index (κ3) is 3.39. The van der Waals surface area contributed by atoms with E-state index in [1.165, 1.54) is 24.0 Å². The Morgan fingerprint density at radius 2 is 1.74 bits per heavy atom. The molecule has 1 unspecified atom stereocenters. The Labute approximate surface area is 138 Å². The molecule has 0 aliphatic heterocycles. The molecule has 2 aromatic rings. The normalized spacial score (nSPS) is 14.2. The predicted molar refractivity (Wildman–Crippen MR) is 96.1 cm³/mol. The number of nitrogens with one attached hydrogen (secondary N) is 2. The van der Waals surface area contributed by atoms with Crippen molar-refractivity contribution in [2.24, 2.45) is 0 Å². The molecule has 0 aromatic heterocycles. The van der Waals surface area contributed by atoms with Gasteiger partial charge in [0.1, 0.15) is 6.04 Å². The van der Waals surface area contributed by atoms with Gasteiger partial charge in [-0.1, -0.05) is 24.3 Å². The summed E-state index contributed by atoms with van der Waals surface area (Å²) in [5.74, 6) is -0.0112. The topological polar surface area (TPSA) is 41.1 Å². The fourth-order valence-corrected chi connectivity index (χ4v) is 3.22. The molecule has 1 amide bonds. The van der Waals surface area contributed by atoms with Crippen LogP contribution in [0.1, 0.15) is 35.6 Å². The van der Waals surface area contributed by atoms with Crippen molar-refractivity contribution < 1.29 is 4.79 Å². The largest absolute Gasteiger partial charge is 0.374 e. The van der Waals surface area contributed by atoms with Gasteiger partial charge >= 0.3 is 0 Å². The van der Waals surface area contributed by atoms with Crippen molar-refractivity contribution in [3.05, 3.63) is 58.7 Å². The zero-order chi connectivity index (χ0) is 16.4. The maximum absolute atomic E-state index is 12.5. The average Bonchev–Trinajstić information content (AvgIpc) is 2.98. The summed E-state index contributed by atoms with van der Waals surface area (Å²) >= 11 is 0. The minimum atomic E-state index is -0.284. The molecule has 3 heteroatoms. The number of benzene rings is 2. The van der Waals surface area contributed by atoms with Gasteiger partial charge in [0.2, 0.25) is 5.91 Å². The van der Waals surface area contributed by atoms with E-state index < -0.39 is 0 Å². The van der Waals surface area contributed by atoms with Gasteiger partial charge in [0.25, 0.3) is 0 Å². The lowest BCUT2D eigenvalue weighted by molar-refractivity contribution is -0.116. The van der Waals surface area contributed by atoms with Crippen molar-refractivity contribution in [3.63, 3.8) is 0 Å². The number of carbonyl (C=O) groups is 1. The van der Waals surface area contributed by atoms with Crippen molar-refractivity contribution in [2.45, 2.75) is 46.1 Å². The number of fused-ring (bicyclic) bond motifs is 1. The maximum Gasteiger partial charge on any atom is 0.246 e. The van der Waals surface area contributed by atoms with Crippen LogP contribution in [0.3, 0.4) is 0 Å². The lowest BCUT2D eigenvalue weighted by Crippen LogP contribution is -2.32. The molecule has 0 saturated carbocycles. The fraction of sp³-hybridized carbons (Fsp3) is 0.350. The van der Waals surface area contributed by atoms with Crippen LogP contribution in [0.4, 0.5) is 11.4 Å². The zero-order valence-electron chi connectivity index (χ0n) is 14.1. The first-order valence-corrected chi connectivity index (χ1v) is 8.30. The SMILES string of the molecule is Cc1cccc(C)c1NC(=O)C(C)Nc1ccc2c(c1)CCC2. The highest BCUT2D eigenvalue weighted by Crippen LogP contribution is 2.25. The van der Waals surface area contributed by atoms with Crippen LogP contribution in [-0.4, -0.2) is 11.9 Å². The number of rotatable bonds is 4. The number of hydrogen-bond donors (Lipinski definition) is 2. The lowest BCUT2D eigenvalue weighted by atomic mass is 10.1. The summed E-state index contributed by atoms with van der Waals surface area (Å²) in [5.41, 5.74) is 6.97. The van der Waals surface area contributed by atoms with Gasteiger partial charge < -0.3 is 10.6 Å². The minimum Gasteiger partial charge on any atom is -0.374 e. The summed E-state index contributed by atoms with van der Waals surface area (Å²) in [6.07, 6.45) is 3.56. The van der Waals surface area contributed by atoms with Crippen LogP contribution in [0.2, 0.25) is 0 Å². The second kappa shape index (κ2) is 6.45. The lowest BCUT2D eigenvalue weighted by Gasteiger charge is -2.18. The molecule has 0 radical (unpaired) electrons. The second-order valence-corrected chi connectivity index (χ2v) is 6.46. The molecule has 2 N–H and O–H groups in total. The maximum atomic E-state index is 12.5. The van der Waals surface area contributed by atoms with Crippen LogP contribution in [0.5, 0.6) is 0 Å². The number of aryl methyl sites for hydroxylation is 4. The first kappa shape index (κ1) is 15.6. The first-order chi connectivity index (χ1) is 11.0. The molecule has 0 bridgehead atoms. The summed E-state index contributed by atoms with van der Waals surface area (Å²) in [6.45, 7) is 5.93. The number of carbonyl (C=O) groups excluding carboxylic acids is 1. The van der Waals surface area contributed by atoms with Crippen molar-refractivity contribution in [1.82, 2.24) is 0 Å². The Balaban J connectivity index is 1.68. The number of hydrogen-bond acceptors (Lipinski definition) is 2. The van der Waals surface area contributed by atoms with Gasteiger partial charge in [0.05, 0.1) is 0 Å². The summed E-state index contributed by atoms with van der Waals surface area (Å²) < 4.78 is 0. The van der Waals surface area contributed by atoms with E-state index in [4.69, 9.17) is 0 Å². The van der Waals surface area contributed by atoms with E-state index in [0.717, 1.165) is 28.9 Å². The Bertz CT molecular complexity index is 716. The van der Waals surface area contributed by atoms with Gasteiger partial charge in [-0.3, -0.25) is 4.79 Å². The average molecular weight is 308 g/mol. The van der Waals surface area contributed by atoms with Crippen LogP contribution in [-0.2, 0) is 17.6 Å². The number of anilines is 2. The minimum absolute atomic E-state index is 0.0112. The highest BCUT2D eigenvalue weighted by molar-refractivity contribution is 5.97. The van der Waals surface area contributed by atoms with Gasteiger partial charge in [-0.2, -0.15) is 0 Å². The van der Waals surface area contributed by atoms with E-state index in [9.17, 15) is 4.79 Å². The Hall–Kier alpha value is -2.29. The van der Waals surface area contributed by atoms with Crippen molar-refractivity contribution in [2.75, 3.05) is 10.6 Å². The van der Waals surface area contributed by atoms with Gasteiger partial charge in [-0.15, -0.1) is 0 Å². The summed E-state index contributed by atoms with van der Waals surface area (Å²) in [4.78, 5) is 12.5. The van der Waals surface area contributed by atoms with Crippen LogP contribution in [0.15, 0.2) is 36.4 Å². The molecule has 3 nitrogen and oxygen atoms in total. The Morgan fingerprint density at radius 1 is 1.04 bits per heavy atom. The predicted octanol–water partition coefficient (Wildman–Crippen LogP) is 4.23. The number of para-hydroxylation sites is 1. The third-order valence-electron chi connectivity index (χ3n) is 4.60. The van der Waals surface area contributed by atoms with Crippen molar-refractivity contribution in [1.29, 1.82) is 0 Å². The van der Waals surface area contributed by atoms with Gasteiger partial charge in [0.15, 0.2) is 0 Å². The molecule has 0 fully saturated rings. The van der Waals surface area contributed by atoms with Crippen molar-refractivity contribution in [3.8, 4) is 0 Å². The van der Waals surface area contributed by atoms with Crippen LogP contribution < -0.4 is 10.6 Å². The van der Waals surface area contributed by atoms with Crippen LogP contribution in [0.25, 0.3) is 0 Å². The van der Waals surface area contributed by atoms with Gasteiger partial charge in [-0.25, -0.2) is 0 Å². The molecule has 1 atom stereocenters. The molecule has 3 rings (SSSR count). The smallest absolute Gasteiger partial charge is 0.246 e. The molecule has 120 valence electrons. The van der Waals surface area contributed by atoms with Crippen molar-refractivity contribution >= 4 is 17.3 Å². The molecule has 1 aliphatic rings. The molecule has 1 aliphatic carbocycles. The monoisotopic (exact) mass is 308 g/mol. The molecule has 0 saturated heterocycles. The van der Waals surface area contributed by atoms with Gasteiger partial charge in [-0.05, 0) is 74.4 Å². The standard InChI is InChI=1S/C20H24N2O/c1-13-6-4-7-14(2)19(13)22-20(23)15(3)21-18-11-10-16-8-5-9-17(16)12-18/h4,6-7,10-12,15,21H,5,8-9H2,1-3H3,(H,22,23). The molecule has 0 heterocycles. The van der Waals surface area contributed by atoms with E-state index in [-0.39, 0.29) is 11.9 Å².